The van der Waals surface area contributed by atoms with Crippen molar-refractivity contribution in [2.24, 2.45) is 0 Å². The van der Waals surface area contributed by atoms with Crippen LogP contribution in [0.5, 0.6) is 5.75 Å². The van der Waals surface area contributed by atoms with Crippen LogP contribution in [0.15, 0.2) is 69.7 Å². The summed E-state index contributed by atoms with van der Waals surface area (Å²) in [5, 5.41) is 0. The minimum absolute atomic E-state index is 0.0324. The highest BCUT2D eigenvalue weighted by Gasteiger charge is 2.10. The van der Waals surface area contributed by atoms with Crippen molar-refractivity contribution in [1.29, 1.82) is 0 Å². The fourth-order valence-electron chi connectivity index (χ4n) is 1.97. The molecule has 0 aliphatic heterocycles. The molecule has 5 nitrogen and oxygen atoms in total. The molecule has 0 aliphatic carbocycles. The topological polar surface area (TPSA) is 61.6 Å². The van der Waals surface area contributed by atoms with Gasteiger partial charge in [0.25, 0.3) is 0 Å². The lowest BCUT2D eigenvalue weighted by molar-refractivity contribution is -0.148. The van der Waals surface area contributed by atoms with Crippen molar-refractivity contribution in [1.82, 2.24) is 4.98 Å². The van der Waals surface area contributed by atoms with Crippen molar-refractivity contribution in [3.63, 3.8) is 0 Å². The van der Waals surface area contributed by atoms with Crippen LogP contribution in [-0.2, 0) is 16.1 Å². The second-order valence-corrected chi connectivity index (χ2v) is 5.80. The maximum atomic E-state index is 11.7. The Hall–Kier alpha value is -2.60. The van der Waals surface area contributed by atoms with Crippen LogP contribution in [0.4, 0.5) is 0 Å². The normalized spacial score (nSPS) is 10.4. The van der Waals surface area contributed by atoms with Crippen LogP contribution in [0.25, 0.3) is 11.3 Å². The molecule has 0 aliphatic rings. The summed E-state index contributed by atoms with van der Waals surface area (Å²) in [5.74, 6) is 1.08. The second kappa shape index (κ2) is 7.79. The molecule has 0 radical (unpaired) electrons. The Kier molecular flexibility index (Phi) is 5.28. The highest BCUT2D eigenvalue weighted by molar-refractivity contribution is 9.10. The van der Waals surface area contributed by atoms with E-state index in [1.165, 1.54) is 0 Å². The number of carbonyl (C=O) groups excluding carboxylic acids is 1. The number of hydrogen-bond donors (Lipinski definition) is 0. The summed E-state index contributed by atoms with van der Waals surface area (Å²) in [6.07, 6.45) is 1.61. The van der Waals surface area contributed by atoms with E-state index in [1.54, 1.807) is 18.3 Å². The van der Waals surface area contributed by atoms with Crippen molar-refractivity contribution < 1.29 is 18.7 Å². The summed E-state index contributed by atoms with van der Waals surface area (Å²) in [4.78, 5) is 15.8. The largest absolute Gasteiger partial charge is 0.482 e. The van der Waals surface area contributed by atoms with E-state index in [-0.39, 0.29) is 13.2 Å². The number of halogens is 1. The molecule has 0 spiro atoms. The lowest BCUT2D eigenvalue weighted by Crippen LogP contribution is -2.14. The van der Waals surface area contributed by atoms with Crippen molar-refractivity contribution in [3.05, 3.63) is 71.2 Å². The number of oxazole rings is 1. The predicted molar refractivity (Wildman–Crippen MR) is 91.4 cm³/mol. The van der Waals surface area contributed by atoms with Crippen LogP contribution in [0.1, 0.15) is 5.89 Å². The van der Waals surface area contributed by atoms with Gasteiger partial charge in [-0.1, -0.05) is 46.3 Å². The number of ether oxygens (including phenoxy) is 2. The van der Waals surface area contributed by atoms with Gasteiger partial charge in [-0.25, -0.2) is 9.78 Å². The molecule has 24 heavy (non-hydrogen) atoms. The van der Waals surface area contributed by atoms with Crippen LogP contribution in [0, 0.1) is 0 Å². The molecule has 0 atom stereocenters. The summed E-state index contributed by atoms with van der Waals surface area (Å²) >= 11 is 3.33. The first kappa shape index (κ1) is 16.3. The van der Waals surface area contributed by atoms with E-state index in [2.05, 4.69) is 20.9 Å². The molecule has 1 heterocycles. The van der Waals surface area contributed by atoms with Gasteiger partial charge in [0.2, 0.25) is 5.89 Å². The minimum atomic E-state index is -0.489. The van der Waals surface area contributed by atoms with Crippen molar-refractivity contribution in [2.45, 2.75) is 6.61 Å². The molecule has 0 unspecified atom stereocenters. The minimum Gasteiger partial charge on any atom is -0.482 e. The lowest BCUT2D eigenvalue weighted by Gasteiger charge is -2.05. The van der Waals surface area contributed by atoms with E-state index >= 15 is 0 Å². The molecule has 0 bridgehead atoms. The Bertz CT molecular complexity index is 799. The van der Waals surface area contributed by atoms with Gasteiger partial charge in [0.1, 0.15) is 5.75 Å². The Morgan fingerprint density at radius 2 is 1.83 bits per heavy atom. The summed E-state index contributed by atoms with van der Waals surface area (Å²) in [5.41, 5.74) is 0.918. The smallest absolute Gasteiger partial charge is 0.344 e. The zero-order valence-corrected chi connectivity index (χ0v) is 14.2. The van der Waals surface area contributed by atoms with Crippen LogP contribution in [-0.4, -0.2) is 17.6 Å². The third-order valence-electron chi connectivity index (χ3n) is 3.14. The molecule has 0 N–H and O–H groups in total. The van der Waals surface area contributed by atoms with Gasteiger partial charge in [0.15, 0.2) is 19.0 Å². The van der Waals surface area contributed by atoms with Gasteiger partial charge in [-0.2, -0.15) is 0 Å². The lowest BCUT2D eigenvalue weighted by atomic mass is 10.2. The predicted octanol–water partition coefficient (Wildman–Crippen LogP) is 4.23. The molecule has 0 amide bonds. The van der Waals surface area contributed by atoms with Gasteiger partial charge >= 0.3 is 5.97 Å². The molecule has 0 fully saturated rings. The fraction of sp³-hybridized carbons (Fsp3) is 0.111. The molecule has 122 valence electrons. The molecule has 0 saturated carbocycles. The monoisotopic (exact) mass is 387 g/mol. The maximum absolute atomic E-state index is 11.7. The SMILES string of the molecule is O=C(COc1ccc(Br)cc1)OCc1ncc(-c2ccccc2)o1. The summed E-state index contributed by atoms with van der Waals surface area (Å²) in [7, 11) is 0. The van der Waals surface area contributed by atoms with Crippen LogP contribution in [0.2, 0.25) is 0 Å². The highest BCUT2D eigenvalue weighted by atomic mass is 79.9. The fourth-order valence-corrected chi connectivity index (χ4v) is 2.23. The number of rotatable bonds is 6. The zero-order valence-electron chi connectivity index (χ0n) is 12.6. The van der Waals surface area contributed by atoms with Gasteiger partial charge in [0.05, 0.1) is 6.20 Å². The van der Waals surface area contributed by atoms with E-state index in [0.29, 0.717) is 17.4 Å². The summed E-state index contributed by atoms with van der Waals surface area (Å²) in [6, 6.07) is 16.8. The van der Waals surface area contributed by atoms with Crippen molar-refractivity contribution >= 4 is 21.9 Å². The summed E-state index contributed by atoms with van der Waals surface area (Å²) in [6.45, 7) is -0.205. The van der Waals surface area contributed by atoms with Crippen LogP contribution >= 0.6 is 15.9 Å². The van der Waals surface area contributed by atoms with E-state index in [1.807, 2.05) is 42.5 Å². The molecular formula is C18H14BrNO4. The number of nitrogens with zero attached hydrogens (tertiary/aromatic N) is 1. The number of hydrogen-bond acceptors (Lipinski definition) is 5. The van der Waals surface area contributed by atoms with Gasteiger partial charge in [-0.05, 0) is 24.3 Å². The van der Waals surface area contributed by atoms with E-state index < -0.39 is 5.97 Å². The number of carbonyl (C=O) groups is 1. The van der Waals surface area contributed by atoms with Gasteiger partial charge in [-0.15, -0.1) is 0 Å². The maximum Gasteiger partial charge on any atom is 0.344 e. The first-order chi connectivity index (χ1) is 11.7. The van der Waals surface area contributed by atoms with Gasteiger partial charge in [-0.3, -0.25) is 0 Å². The van der Waals surface area contributed by atoms with Gasteiger partial charge < -0.3 is 13.9 Å². The molecule has 2 aromatic carbocycles. The Morgan fingerprint density at radius 1 is 1.08 bits per heavy atom. The summed E-state index contributed by atoms with van der Waals surface area (Å²) < 4.78 is 16.9. The molecule has 6 heteroatoms. The van der Waals surface area contributed by atoms with Gasteiger partial charge in [0, 0.05) is 10.0 Å². The molecule has 3 rings (SSSR count). The molecule has 0 saturated heterocycles. The van der Waals surface area contributed by atoms with Crippen LogP contribution < -0.4 is 4.74 Å². The number of esters is 1. The van der Waals surface area contributed by atoms with E-state index in [0.717, 1.165) is 10.0 Å². The average Bonchev–Trinajstić information content (AvgIpc) is 3.09. The van der Waals surface area contributed by atoms with E-state index in [9.17, 15) is 4.79 Å². The Balaban J connectivity index is 1.48. The zero-order chi connectivity index (χ0) is 16.8. The molecular weight excluding hydrogens is 374 g/mol. The third kappa shape index (κ3) is 4.45. The van der Waals surface area contributed by atoms with Crippen LogP contribution in [0.3, 0.4) is 0 Å². The number of benzene rings is 2. The van der Waals surface area contributed by atoms with E-state index in [4.69, 9.17) is 13.9 Å². The van der Waals surface area contributed by atoms with Crippen molar-refractivity contribution in [3.8, 4) is 17.1 Å². The van der Waals surface area contributed by atoms with Crippen molar-refractivity contribution in [2.75, 3.05) is 6.61 Å². The molecule has 1 aromatic heterocycles. The molecule has 3 aromatic rings. The first-order valence-electron chi connectivity index (χ1n) is 7.25. The third-order valence-corrected chi connectivity index (χ3v) is 3.67. The highest BCUT2D eigenvalue weighted by Crippen LogP contribution is 2.20. The number of aromatic nitrogens is 1. The Labute approximate surface area is 147 Å². The quantitative estimate of drug-likeness (QED) is 0.592. The Morgan fingerprint density at radius 3 is 2.58 bits per heavy atom. The second-order valence-electron chi connectivity index (χ2n) is 4.89. The first-order valence-corrected chi connectivity index (χ1v) is 8.04. The average molecular weight is 388 g/mol. The standard InChI is InChI=1S/C18H14BrNO4/c19-14-6-8-15(9-7-14)22-12-18(21)23-11-17-20-10-16(24-17)13-4-2-1-3-5-13/h1-10H,11-12H2.